The van der Waals surface area contributed by atoms with Crippen molar-refractivity contribution in [2.45, 2.75) is 26.3 Å². The van der Waals surface area contributed by atoms with Crippen molar-refractivity contribution >= 4 is 23.2 Å². The van der Waals surface area contributed by atoms with E-state index in [4.69, 9.17) is 11.6 Å². The van der Waals surface area contributed by atoms with Gasteiger partial charge in [0, 0.05) is 11.1 Å². The number of amides is 1. The summed E-state index contributed by atoms with van der Waals surface area (Å²) in [5, 5.41) is 14.3. The second-order valence-corrected chi connectivity index (χ2v) is 6.42. The molecule has 1 amide bonds. The van der Waals surface area contributed by atoms with Gasteiger partial charge < -0.3 is 5.32 Å². The Morgan fingerprint density at radius 1 is 1.21 bits per heavy atom. The van der Waals surface area contributed by atoms with Crippen molar-refractivity contribution in [1.29, 1.82) is 0 Å². The molecule has 0 radical (unpaired) electrons. The molecule has 1 N–H and O–H groups in total. The Kier molecular flexibility index (Phi) is 5.93. The first-order valence-corrected chi connectivity index (χ1v) is 8.06. The highest BCUT2D eigenvalue weighted by atomic mass is 35.5. The van der Waals surface area contributed by atoms with E-state index in [1.54, 1.807) is 0 Å². The lowest BCUT2D eigenvalue weighted by atomic mass is 9.96. The maximum absolute atomic E-state index is 12.6. The SMILES string of the molecule is CC(C)CC(NC(=O)c1ccc(Cl)cc1[N+](=O)[O-])c1ccccc1. The van der Waals surface area contributed by atoms with Crippen LogP contribution in [0.5, 0.6) is 0 Å². The summed E-state index contributed by atoms with van der Waals surface area (Å²) in [5.74, 6) is -0.122. The highest BCUT2D eigenvalue weighted by Crippen LogP contribution is 2.26. The number of nitrogens with one attached hydrogen (secondary N) is 1. The summed E-state index contributed by atoms with van der Waals surface area (Å²) in [6.07, 6.45) is 0.733. The third kappa shape index (κ3) is 4.55. The standard InChI is InChI=1S/C18H19ClN2O3/c1-12(2)10-16(13-6-4-3-5-7-13)20-18(22)15-9-8-14(19)11-17(15)21(23)24/h3-9,11-12,16H,10H2,1-2H3,(H,20,22). The molecule has 0 saturated heterocycles. The van der Waals surface area contributed by atoms with Gasteiger partial charge in [0.1, 0.15) is 5.56 Å². The number of carbonyl (C=O) groups excluding carboxylic acids is 1. The smallest absolute Gasteiger partial charge is 0.283 e. The molecule has 6 heteroatoms. The van der Waals surface area contributed by atoms with Gasteiger partial charge in [-0.2, -0.15) is 0 Å². The lowest BCUT2D eigenvalue weighted by Crippen LogP contribution is -2.30. The van der Waals surface area contributed by atoms with Crippen LogP contribution < -0.4 is 5.32 Å². The van der Waals surface area contributed by atoms with Crippen LogP contribution in [-0.4, -0.2) is 10.8 Å². The summed E-state index contributed by atoms with van der Waals surface area (Å²) in [7, 11) is 0. The van der Waals surface area contributed by atoms with Gasteiger partial charge in [0.05, 0.1) is 11.0 Å². The van der Waals surface area contributed by atoms with Crippen LogP contribution in [0.2, 0.25) is 5.02 Å². The van der Waals surface area contributed by atoms with Gasteiger partial charge in [0.15, 0.2) is 0 Å². The van der Waals surface area contributed by atoms with Crippen LogP contribution in [0.25, 0.3) is 0 Å². The number of nitro groups is 1. The Morgan fingerprint density at radius 3 is 2.46 bits per heavy atom. The summed E-state index contributed by atoms with van der Waals surface area (Å²) < 4.78 is 0. The quantitative estimate of drug-likeness (QED) is 0.605. The average Bonchev–Trinajstić information content (AvgIpc) is 2.54. The molecule has 0 fully saturated rings. The van der Waals surface area contributed by atoms with Crippen molar-refractivity contribution in [1.82, 2.24) is 5.32 Å². The zero-order valence-electron chi connectivity index (χ0n) is 13.5. The van der Waals surface area contributed by atoms with Crippen molar-refractivity contribution in [3.8, 4) is 0 Å². The molecule has 2 aromatic carbocycles. The Hall–Kier alpha value is -2.40. The topological polar surface area (TPSA) is 72.2 Å². The summed E-state index contributed by atoms with van der Waals surface area (Å²) in [6.45, 7) is 4.12. The van der Waals surface area contributed by atoms with E-state index in [-0.39, 0.29) is 22.3 Å². The number of nitro benzene ring substituents is 1. The van der Waals surface area contributed by atoms with E-state index in [9.17, 15) is 14.9 Å². The summed E-state index contributed by atoms with van der Waals surface area (Å²) >= 11 is 5.80. The fourth-order valence-electron chi connectivity index (χ4n) is 2.52. The molecule has 0 aliphatic heterocycles. The summed E-state index contributed by atoms with van der Waals surface area (Å²) in [6, 6.07) is 13.4. The first-order valence-electron chi connectivity index (χ1n) is 7.68. The Balaban J connectivity index is 2.30. The minimum absolute atomic E-state index is 0.00841. The molecule has 0 aliphatic carbocycles. The molecule has 0 spiro atoms. The molecular weight excluding hydrogens is 328 g/mol. The third-order valence-electron chi connectivity index (χ3n) is 3.62. The number of hydrogen-bond acceptors (Lipinski definition) is 3. The molecule has 0 saturated carbocycles. The Morgan fingerprint density at radius 2 is 1.88 bits per heavy atom. The maximum atomic E-state index is 12.6. The fraction of sp³-hybridized carbons (Fsp3) is 0.278. The van der Waals surface area contributed by atoms with Crippen LogP contribution in [0.3, 0.4) is 0 Å². The maximum Gasteiger partial charge on any atom is 0.283 e. The van der Waals surface area contributed by atoms with E-state index in [1.807, 2.05) is 30.3 Å². The van der Waals surface area contributed by atoms with E-state index in [0.717, 1.165) is 12.0 Å². The zero-order valence-corrected chi connectivity index (χ0v) is 14.3. The molecule has 0 heterocycles. The predicted octanol–water partition coefficient (Wildman–Crippen LogP) is 4.77. The molecule has 2 aromatic rings. The summed E-state index contributed by atoms with van der Waals surface area (Å²) in [4.78, 5) is 23.2. The molecule has 0 aliphatic rings. The monoisotopic (exact) mass is 346 g/mol. The molecule has 24 heavy (non-hydrogen) atoms. The van der Waals surface area contributed by atoms with E-state index < -0.39 is 10.8 Å². The highest BCUT2D eigenvalue weighted by molar-refractivity contribution is 6.31. The normalized spacial score (nSPS) is 12.0. The number of halogens is 1. The van der Waals surface area contributed by atoms with Gasteiger partial charge in [-0.3, -0.25) is 14.9 Å². The van der Waals surface area contributed by atoms with Gasteiger partial charge in [-0.25, -0.2) is 0 Å². The van der Waals surface area contributed by atoms with Crippen molar-refractivity contribution in [2.75, 3.05) is 0 Å². The van der Waals surface area contributed by atoms with E-state index in [0.29, 0.717) is 5.92 Å². The molecule has 126 valence electrons. The highest BCUT2D eigenvalue weighted by Gasteiger charge is 2.23. The number of carbonyl (C=O) groups is 1. The van der Waals surface area contributed by atoms with E-state index in [1.165, 1.54) is 18.2 Å². The van der Waals surface area contributed by atoms with Crippen LogP contribution >= 0.6 is 11.6 Å². The Labute approximate surface area is 145 Å². The summed E-state index contributed by atoms with van der Waals surface area (Å²) in [5.41, 5.74) is 0.682. The Bertz CT molecular complexity index is 732. The number of rotatable bonds is 6. The van der Waals surface area contributed by atoms with Gasteiger partial charge in [-0.05, 0) is 30.0 Å². The lowest BCUT2D eigenvalue weighted by Gasteiger charge is -2.21. The largest absolute Gasteiger partial charge is 0.345 e. The molecule has 0 aromatic heterocycles. The van der Waals surface area contributed by atoms with Crippen LogP contribution in [0.4, 0.5) is 5.69 Å². The first-order chi connectivity index (χ1) is 11.4. The van der Waals surface area contributed by atoms with Gasteiger partial charge >= 0.3 is 0 Å². The molecule has 2 rings (SSSR count). The number of hydrogen-bond donors (Lipinski definition) is 1. The second-order valence-electron chi connectivity index (χ2n) is 5.98. The van der Waals surface area contributed by atoms with Crippen molar-refractivity contribution in [3.63, 3.8) is 0 Å². The van der Waals surface area contributed by atoms with Gasteiger partial charge in [0.25, 0.3) is 11.6 Å². The second kappa shape index (κ2) is 7.93. The van der Waals surface area contributed by atoms with Gasteiger partial charge in [0.2, 0.25) is 0 Å². The minimum atomic E-state index is -0.596. The number of nitrogens with zero attached hydrogens (tertiary/aromatic N) is 1. The molecular formula is C18H19ClN2O3. The fourth-order valence-corrected chi connectivity index (χ4v) is 2.69. The predicted molar refractivity (Wildman–Crippen MR) is 94.2 cm³/mol. The molecule has 1 unspecified atom stereocenters. The van der Waals surface area contributed by atoms with Gasteiger partial charge in [-0.15, -0.1) is 0 Å². The zero-order chi connectivity index (χ0) is 17.7. The van der Waals surface area contributed by atoms with Crippen molar-refractivity contribution < 1.29 is 9.72 Å². The molecule has 1 atom stereocenters. The van der Waals surface area contributed by atoms with Crippen LogP contribution in [0.15, 0.2) is 48.5 Å². The first kappa shape index (κ1) is 17.9. The van der Waals surface area contributed by atoms with Crippen LogP contribution in [-0.2, 0) is 0 Å². The van der Waals surface area contributed by atoms with Crippen LogP contribution in [0.1, 0.15) is 42.2 Å². The van der Waals surface area contributed by atoms with E-state index >= 15 is 0 Å². The lowest BCUT2D eigenvalue weighted by molar-refractivity contribution is -0.385. The van der Waals surface area contributed by atoms with Crippen molar-refractivity contribution in [3.05, 3.63) is 74.8 Å². The minimum Gasteiger partial charge on any atom is -0.345 e. The van der Waals surface area contributed by atoms with Gasteiger partial charge in [-0.1, -0.05) is 55.8 Å². The van der Waals surface area contributed by atoms with E-state index in [2.05, 4.69) is 19.2 Å². The molecule has 0 bridgehead atoms. The number of benzene rings is 2. The average molecular weight is 347 g/mol. The molecule has 5 nitrogen and oxygen atoms in total. The van der Waals surface area contributed by atoms with Crippen molar-refractivity contribution in [2.24, 2.45) is 5.92 Å². The van der Waals surface area contributed by atoms with Crippen LogP contribution in [0, 0.1) is 16.0 Å². The third-order valence-corrected chi connectivity index (χ3v) is 3.85.